The van der Waals surface area contributed by atoms with Crippen LogP contribution in [0, 0.1) is 0 Å². The minimum Gasteiger partial charge on any atom is -0.255 e. The Hall–Kier alpha value is -1.73. The number of hydrogen-bond donors (Lipinski definition) is 0. The summed E-state index contributed by atoms with van der Waals surface area (Å²) in [4.78, 5) is 9.81. The van der Waals surface area contributed by atoms with Gasteiger partial charge < -0.3 is 0 Å². The fourth-order valence-corrected chi connectivity index (χ4v) is 5.43. The average molecular weight is 618 g/mol. The minimum atomic E-state index is 0. The summed E-state index contributed by atoms with van der Waals surface area (Å²) >= 11 is 0. The van der Waals surface area contributed by atoms with Crippen molar-refractivity contribution in [3.63, 3.8) is 0 Å². The van der Waals surface area contributed by atoms with Crippen LogP contribution in [-0.2, 0) is 29.3 Å². The number of aliphatic imine (C=N–C) groups is 2. The predicted octanol–water partition coefficient (Wildman–Crippen LogP) is 13.1. The van der Waals surface area contributed by atoms with Crippen molar-refractivity contribution >= 4 is 23.3 Å². The zero-order chi connectivity index (χ0) is 29.2. The predicted molar refractivity (Wildman–Crippen MR) is 185 cm³/mol. The van der Waals surface area contributed by atoms with Gasteiger partial charge in [-0.15, -0.1) is 0 Å². The molecule has 0 amide bonds. The Balaban J connectivity index is 0.00000882. The molecular weight excluding hydrogens is 555 g/mol. The molecule has 2 aromatic rings. The first-order chi connectivity index (χ1) is 20.2. The Kier molecular flexibility index (Phi) is 24.5. The van der Waals surface area contributed by atoms with Gasteiger partial charge in [0, 0.05) is 22.7 Å². The Morgan fingerprint density at radius 2 is 0.857 bits per heavy atom. The van der Waals surface area contributed by atoms with Gasteiger partial charge in [0.25, 0.3) is 0 Å². The van der Waals surface area contributed by atoms with Crippen molar-refractivity contribution in [1.82, 2.24) is 0 Å². The Labute approximate surface area is 270 Å². The third kappa shape index (κ3) is 19.5. The summed E-state index contributed by atoms with van der Waals surface area (Å²) in [5.41, 5.74) is 6.01. The molecule has 2 rings (SSSR count). The van der Waals surface area contributed by atoms with E-state index in [4.69, 9.17) is 9.98 Å². The molecule has 2 aromatic carbocycles. The third-order valence-electron chi connectivity index (χ3n) is 8.18. The molecule has 0 aromatic heterocycles. The van der Waals surface area contributed by atoms with Crippen LogP contribution in [0.5, 0.6) is 0 Å². The molecule has 2 nitrogen and oxygen atoms in total. The van der Waals surface area contributed by atoms with Crippen LogP contribution >= 0.6 is 0 Å². The van der Waals surface area contributed by atoms with E-state index in [0.29, 0.717) is 0 Å². The van der Waals surface area contributed by atoms with Crippen LogP contribution in [0.25, 0.3) is 0 Å². The first kappa shape index (κ1) is 38.3. The molecule has 0 aliphatic carbocycles. The number of benzene rings is 2. The van der Waals surface area contributed by atoms with Crippen molar-refractivity contribution in [1.29, 1.82) is 0 Å². The third-order valence-corrected chi connectivity index (χ3v) is 8.18. The zero-order valence-electron chi connectivity index (χ0n) is 27.5. The summed E-state index contributed by atoms with van der Waals surface area (Å²) in [6, 6.07) is 17.8. The van der Waals surface area contributed by atoms with Crippen LogP contribution in [0.4, 0.5) is 11.4 Å². The van der Waals surface area contributed by atoms with E-state index in [9.17, 15) is 0 Å². The van der Waals surface area contributed by atoms with Gasteiger partial charge in [-0.1, -0.05) is 148 Å². The van der Waals surface area contributed by atoms with E-state index in [2.05, 4.69) is 69.3 Å². The monoisotopic (exact) mass is 616 g/mol. The molecule has 0 heterocycles. The summed E-state index contributed by atoms with van der Waals surface area (Å²) in [7, 11) is 0. The first-order valence-electron chi connectivity index (χ1n) is 17.5. The van der Waals surface area contributed by atoms with Crippen molar-refractivity contribution in [2.24, 2.45) is 9.98 Å². The molecule has 0 saturated heterocycles. The van der Waals surface area contributed by atoms with Gasteiger partial charge in [-0.25, -0.2) is 0 Å². The molecule has 0 N–H and O–H groups in total. The van der Waals surface area contributed by atoms with Gasteiger partial charge in [0.15, 0.2) is 0 Å². The SMILES string of the molecule is CCCCCCCCCCc1ccc(N=CC(CCCCC)=Nc2ccc(CCCCCCCCCC)cc2)cc1.[Ni]. The number of hydrogen-bond acceptors (Lipinski definition) is 2. The summed E-state index contributed by atoms with van der Waals surface area (Å²) in [6.07, 6.45) is 30.9. The molecular formula is C39H62N2Ni. The van der Waals surface area contributed by atoms with E-state index in [1.807, 2.05) is 6.21 Å². The topological polar surface area (TPSA) is 24.7 Å². The van der Waals surface area contributed by atoms with Crippen molar-refractivity contribution in [3.8, 4) is 0 Å². The van der Waals surface area contributed by atoms with E-state index in [1.54, 1.807) is 0 Å². The molecule has 3 heteroatoms. The molecule has 42 heavy (non-hydrogen) atoms. The fraction of sp³-hybridized carbons (Fsp3) is 0.641. The van der Waals surface area contributed by atoms with Crippen molar-refractivity contribution in [3.05, 3.63) is 59.7 Å². The number of unbranched alkanes of at least 4 members (excludes halogenated alkanes) is 16. The van der Waals surface area contributed by atoms with E-state index < -0.39 is 0 Å². The maximum atomic E-state index is 5.00. The second kappa shape index (κ2) is 26.9. The smallest absolute Gasteiger partial charge is 0.0633 e. The molecule has 0 aliphatic heterocycles. The molecule has 0 bridgehead atoms. The maximum Gasteiger partial charge on any atom is 0.0633 e. The maximum absolute atomic E-state index is 5.00. The normalized spacial score (nSPS) is 11.7. The Bertz CT molecular complexity index is 930. The van der Waals surface area contributed by atoms with Gasteiger partial charge in [0.05, 0.1) is 17.1 Å². The summed E-state index contributed by atoms with van der Waals surface area (Å²) in [5.74, 6) is 0. The molecule has 0 radical (unpaired) electrons. The summed E-state index contributed by atoms with van der Waals surface area (Å²) < 4.78 is 0. The van der Waals surface area contributed by atoms with Crippen LogP contribution in [0.3, 0.4) is 0 Å². The Morgan fingerprint density at radius 3 is 1.31 bits per heavy atom. The van der Waals surface area contributed by atoms with Crippen molar-refractivity contribution in [2.45, 2.75) is 162 Å². The van der Waals surface area contributed by atoms with Gasteiger partial charge in [-0.2, -0.15) is 0 Å². The van der Waals surface area contributed by atoms with E-state index in [-0.39, 0.29) is 16.5 Å². The standard InChI is InChI=1S/C39H62N2.Ni/c1-4-7-10-12-14-16-18-21-23-35-26-30-37(31-27-35)40-34-39(25-20-9-6-3)41-38-32-28-36(29-33-38)24-22-19-17-15-13-11-8-5-2;/h26-34H,4-25H2,1-3H3;. The first-order valence-corrected chi connectivity index (χ1v) is 17.5. The molecule has 0 unspecified atom stereocenters. The van der Waals surface area contributed by atoms with Gasteiger partial charge >= 0.3 is 0 Å². The molecule has 0 spiro atoms. The molecule has 0 fully saturated rings. The number of rotatable bonds is 25. The van der Waals surface area contributed by atoms with E-state index in [0.717, 1.165) is 29.9 Å². The van der Waals surface area contributed by atoms with Crippen molar-refractivity contribution in [2.75, 3.05) is 0 Å². The van der Waals surface area contributed by atoms with E-state index >= 15 is 0 Å². The quantitative estimate of drug-likeness (QED) is 0.0602. The van der Waals surface area contributed by atoms with Gasteiger partial charge in [-0.05, 0) is 73.9 Å². The van der Waals surface area contributed by atoms with Crippen LogP contribution in [0.2, 0.25) is 0 Å². The van der Waals surface area contributed by atoms with Gasteiger partial charge in [0.2, 0.25) is 0 Å². The minimum absolute atomic E-state index is 0. The van der Waals surface area contributed by atoms with Crippen LogP contribution in [0.15, 0.2) is 58.5 Å². The Morgan fingerprint density at radius 1 is 0.476 bits per heavy atom. The molecule has 0 saturated carbocycles. The largest absolute Gasteiger partial charge is 0.255 e. The van der Waals surface area contributed by atoms with Crippen molar-refractivity contribution < 1.29 is 16.5 Å². The van der Waals surface area contributed by atoms with Gasteiger partial charge in [0.1, 0.15) is 0 Å². The van der Waals surface area contributed by atoms with Crippen LogP contribution in [-0.4, -0.2) is 11.9 Å². The summed E-state index contributed by atoms with van der Waals surface area (Å²) in [5, 5.41) is 0. The second-order valence-corrected chi connectivity index (χ2v) is 12.1. The molecule has 238 valence electrons. The fourth-order valence-electron chi connectivity index (χ4n) is 5.43. The van der Waals surface area contributed by atoms with E-state index in [1.165, 1.54) is 140 Å². The average Bonchev–Trinajstić information content (AvgIpc) is 3.00. The number of aryl methyl sites for hydroxylation is 2. The summed E-state index contributed by atoms with van der Waals surface area (Å²) in [6.45, 7) is 6.83. The number of nitrogens with zero attached hydrogens (tertiary/aromatic N) is 2. The van der Waals surface area contributed by atoms with Crippen LogP contribution < -0.4 is 0 Å². The second-order valence-electron chi connectivity index (χ2n) is 12.1. The molecule has 0 aliphatic rings. The molecule has 0 atom stereocenters. The van der Waals surface area contributed by atoms with Gasteiger partial charge in [-0.3, -0.25) is 9.98 Å². The zero-order valence-corrected chi connectivity index (χ0v) is 28.5. The van der Waals surface area contributed by atoms with Crippen LogP contribution in [0.1, 0.15) is 160 Å².